The molecule has 0 radical (unpaired) electrons. The number of para-hydroxylation sites is 1. The molecule has 1 aromatic rings. The average Bonchev–Trinajstić information content (AvgIpc) is 2.83. The SMILES string of the molecule is CN1CC2(CCN(C(=O)CN3CCCCC3)CC2)C[C@@H](O)[C@@H](O)Cc2ccccc2OCC1=O. The van der Waals surface area contributed by atoms with Gasteiger partial charge in [0.2, 0.25) is 5.91 Å². The lowest BCUT2D eigenvalue weighted by molar-refractivity contribution is -0.139. The van der Waals surface area contributed by atoms with Crippen LogP contribution in [-0.2, 0) is 16.0 Å². The van der Waals surface area contributed by atoms with E-state index >= 15 is 0 Å². The highest BCUT2D eigenvalue weighted by molar-refractivity contribution is 5.78. The molecule has 2 saturated heterocycles. The predicted molar refractivity (Wildman–Crippen MR) is 128 cm³/mol. The van der Waals surface area contributed by atoms with E-state index in [1.165, 1.54) is 6.42 Å². The van der Waals surface area contributed by atoms with Gasteiger partial charge in [0.1, 0.15) is 5.75 Å². The quantitative estimate of drug-likeness (QED) is 0.672. The maximum atomic E-state index is 12.9. The minimum absolute atomic E-state index is 0.0668. The Hall–Kier alpha value is -2.16. The fourth-order valence-corrected chi connectivity index (χ4v) is 5.66. The zero-order chi connectivity index (χ0) is 24.1. The van der Waals surface area contributed by atoms with Crippen LogP contribution in [0.25, 0.3) is 0 Å². The van der Waals surface area contributed by atoms with E-state index in [4.69, 9.17) is 4.74 Å². The Kier molecular flexibility index (Phi) is 8.11. The van der Waals surface area contributed by atoms with Gasteiger partial charge in [-0.2, -0.15) is 0 Å². The molecule has 0 saturated carbocycles. The van der Waals surface area contributed by atoms with E-state index < -0.39 is 12.2 Å². The van der Waals surface area contributed by atoms with Crippen LogP contribution in [0.15, 0.2) is 24.3 Å². The van der Waals surface area contributed by atoms with E-state index in [0.29, 0.717) is 51.2 Å². The Morgan fingerprint density at radius 3 is 2.50 bits per heavy atom. The summed E-state index contributed by atoms with van der Waals surface area (Å²) in [7, 11) is 1.77. The molecule has 0 aromatic heterocycles. The molecule has 3 heterocycles. The fourth-order valence-electron chi connectivity index (χ4n) is 5.66. The van der Waals surface area contributed by atoms with Gasteiger partial charge in [0.15, 0.2) is 6.61 Å². The first-order valence-electron chi connectivity index (χ1n) is 12.7. The maximum Gasteiger partial charge on any atom is 0.260 e. The molecule has 2 amide bonds. The Bertz CT molecular complexity index is 849. The first kappa shape index (κ1) is 24.9. The topological polar surface area (TPSA) is 93.6 Å². The minimum Gasteiger partial charge on any atom is -0.483 e. The largest absolute Gasteiger partial charge is 0.483 e. The molecular formula is C26H39N3O5. The zero-order valence-corrected chi connectivity index (χ0v) is 20.3. The third-order valence-corrected chi connectivity index (χ3v) is 7.82. The van der Waals surface area contributed by atoms with E-state index in [1.807, 2.05) is 23.1 Å². The molecule has 2 N–H and O–H groups in total. The lowest BCUT2D eigenvalue weighted by Crippen LogP contribution is -2.52. The van der Waals surface area contributed by atoms with Gasteiger partial charge in [-0.25, -0.2) is 0 Å². The van der Waals surface area contributed by atoms with Gasteiger partial charge in [-0.05, 0) is 62.2 Å². The van der Waals surface area contributed by atoms with E-state index in [0.717, 1.165) is 31.5 Å². The second-order valence-electron chi connectivity index (χ2n) is 10.4. The standard InChI is InChI=1S/C26H39N3O5/c1-27-19-26(9-13-29(14-10-26)24(32)17-28-11-5-2-6-12-28)16-22(31)21(30)15-20-7-3-4-8-23(20)34-18-25(27)33/h3-4,7-8,21-22,30-31H,2,5-6,9-19H2,1H3/t21-,22+/m0/s1. The number of hydrogen-bond acceptors (Lipinski definition) is 6. The molecule has 8 nitrogen and oxygen atoms in total. The summed E-state index contributed by atoms with van der Waals surface area (Å²) in [5.41, 5.74) is 0.420. The van der Waals surface area contributed by atoms with Crippen LogP contribution in [0.1, 0.15) is 44.1 Å². The average molecular weight is 474 g/mol. The lowest BCUT2D eigenvalue weighted by Gasteiger charge is -2.45. The molecule has 8 heteroatoms. The van der Waals surface area contributed by atoms with Gasteiger partial charge >= 0.3 is 0 Å². The number of ether oxygens (including phenoxy) is 1. The summed E-state index contributed by atoms with van der Waals surface area (Å²) in [6, 6.07) is 7.33. The Morgan fingerprint density at radius 2 is 1.76 bits per heavy atom. The number of carbonyl (C=O) groups is 2. The van der Waals surface area contributed by atoms with Crippen LogP contribution in [-0.4, -0.2) is 102 Å². The highest BCUT2D eigenvalue weighted by Gasteiger charge is 2.41. The zero-order valence-electron chi connectivity index (χ0n) is 20.3. The van der Waals surface area contributed by atoms with Crippen LogP contribution in [0, 0.1) is 5.41 Å². The highest BCUT2D eigenvalue weighted by Crippen LogP contribution is 2.38. The molecule has 4 rings (SSSR count). The molecule has 2 atom stereocenters. The number of hydrogen-bond donors (Lipinski definition) is 2. The molecule has 188 valence electrons. The summed E-state index contributed by atoms with van der Waals surface area (Å²) in [6.07, 6.45) is 3.74. The number of piperidine rings is 2. The van der Waals surface area contributed by atoms with Gasteiger partial charge < -0.3 is 24.7 Å². The first-order valence-corrected chi connectivity index (χ1v) is 12.7. The minimum atomic E-state index is -0.930. The summed E-state index contributed by atoms with van der Waals surface area (Å²) in [5.74, 6) is 0.611. The smallest absolute Gasteiger partial charge is 0.260 e. The summed E-state index contributed by atoms with van der Waals surface area (Å²) in [6.45, 7) is 4.08. The lowest BCUT2D eigenvalue weighted by atomic mass is 9.72. The van der Waals surface area contributed by atoms with Crippen LogP contribution in [0.2, 0.25) is 0 Å². The van der Waals surface area contributed by atoms with Gasteiger partial charge in [0.25, 0.3) is 5.91 Å². The monoisotopic (exact) mass is 473 g/mol. The van der Waals surface area contributed by atoms with Crippen molar-refractivity contribution in [3.63, 3.8) is 0 Å². The van der Waals surface area contributed by atoms with E-state index in [9.17, 15) is 19.8 Å². The van der Waals surface area contributed by atoms with Crippen molar-refractivity contribution in [1.82, 2.24) is 14.7 Å². The van der Waals surface area contributed by atoms with Gasteiger partial charge in [0, 0.05) is 33.1 Å². The number of likely N-dealkylation sites (tertiary alicyclic amines) is 2. The molecule has 0 aliphatic carbocycles. The van der Waals surface area contributed by atoms with Crippen molar-refractivity contribution in [2.75, 3.05) is 52.9 Å². The van der Waals surface area contributed by atoms with Crippen LogP contribution in [0.4, 0.5) is 0 Å². The van der Waals surface area contributed by atoms with Crippen molar-refractivity contribution in [2.45, 2.75) is 57.2 Å². The van der Waals surface area contributed by atoms with Crippen molar-refractivity contribution in [3.05, 3.63) is 29.8 Å². The number of nitrogens with zero attached hydrogens (tertiary/aromatic N) is 3. The molecule has 1 aromatic carbocycles. The van der Waals surface area contributed by atoms with Crippen molar-refractivity contribution in [2.24, 2.45) is 5.41 Å². The van der Waals surface area contributed by atoms with Gasteiger partial charge in [-0.15, -0.1) is 0 Å². The van der Waals surface area contributed by atoms with Crippen LogP contribution < -0.4 is 4.74 Å². The number of benzene rings is 1. The molecule has 0 bridgehead atoms. The number of aliphatic hydroxyl groups is 2. The second kappa shape index (κ2) is 11.1. The van der Waals surface area contributed by atoms with Gasteiger partial charge in [-0.3, -0.25) is 14.5 Å². The summed E-state index contributed by atoms with van der Waals surface area (Å²) in [4.78, 5) is 31.6. The van der Waals surface area contributed by atoms with Crippen LogP contribution in [0.3, 0.4) is 0 Å². The molecule has 0 unspecified atom stereocenters. The van der Waals surface area contributed by atoms with Crippen LogP contribution >= 0.6 is 0 Å². The Balaban J connectivity index is 1.44. The maximum absolute atomic E-state index is 12.9. The summed E-state index contributed by atoms with van der Waals surface area (Å²) < 4.78 is 5.78. The van der Waals surface area contributed by atoms with Gasteiger partial charge in [0.05, 0.1) is 18.8 Å². The Labute approximate surface area is 202 Å². The molecule has 34 heavy (non-hydrogen) atoms. The van der Waals surface area contributed by atoms with Crippen molar-refractivity contribution in [3.8, 4) is 5.75 Å². The fraction of sp³-hybridized carbons (Fsp3) is 0.692. The van der Waals surface area contributed by atoms with E-state index in [1.54, 1.807) is 18.0 Å². The number of likely N-dealkylation sites (N-methyl/N-ethyl adjacent to an activating group) is 1. The van der Waals surface area contributed by atoms with Gasteiger partial charge in [-0.1, -0.05) is 24.6 Å². The first-order chi connectivity index (χ1) is 16.3. The second-order valence-corrected chi connectivity index (χ2v) is 10.4. The highest BCUT2D eigenvalue weighted by atomic mass is 16.5. The van der Waals surface area contributed by atoms with E-state index in [-0.39, 0.29) is 30.3 Å². The van der Waals surface area contributed by atoms with Crippen molar-refractivity contribution in [1.29, 1.82) is 0 Å². The number of rotatable bonds is 2. The third kappa shape index (κ3) is 6.09. The summed E-state index contributed by atoms with van der Waals surface area (Å²) >= 11 is 0. The molecule has 3 aliphatic heterocycles. The molecule has 2 fully saturated rings. The number of aliphatic hydroxyl groups excluding tert-OH is 2. The number of carbonyl (C=O) groups excluding carboxylic acids is 2. The molecule has 3 aliphatic rings. The number of amides is 2. The number of fused-ring (bicyclic) bond motifs is 1. The molecular weight excluding hydrogens is 434 g/mol. The third-order valence-electron chi connectivity index (χ3n) is 7.82. The van der Waals surface area contributed by atoms with Crippen molar-refractivity contribution < 1.29 is 24.5 Å². The van der Waals surface area contributed by atoms with Crippen LogP contribution in [0.5, 0.6) is 5.75 Å². The van der Waals surface area contributed by atoms with E-state index in [2.05, 4.69) is 4.90 Å². The Morgan fingerprint density at radius 1 is 1.06 bits per heavy atom. The van der Waals surface area contributed by atoms with Crippen molar-refractivity contribution >= 4 is 11.8 Å². The molecule has 1 spiro atoms. The predicted octanol–water partition coefficient (Wildman–Crippen LogP) is 1.29. The summed E-state index contributed by atoms with van der Waals surface area (Å²) in [5, 5.41) is 21.8. The normalized spacial score (nSPS) is 26.9.